The van der Waals surface area contributed by atoms with Gasteiger partial charge in [-0.3, -0.25) is 0 Å². The fourth-order valence-electron chi connectivity index (χ4n) is 3.77. The monoisotopic (exact) mass is 309 g/mol. The zero-order chi connectivity index (χ0) is 16.4. The molecule has 1 aromatic rings. The highest BCUT2D eigenvalue weighted by atomic mass is 16.5. The molecule has 0 unspecified atom stereocenters. The molecule has 0 saturated heterocycles. The van der Waals surface area contributed by atoms with Gasteiger partial charge >= 0.3 is 0 Å². The van der Waals surface area contributed by atoms with Crippen LogP contribution in [0.1, 0.15) is 37.2 Å². The number of benzene rings is 1. The lowest BCUT2D eigenvalue weighted by molar-refractivity contribution is 0.158. The number of para-hydroxylation sites is 1. The van der Waals surface area contributed by atoms with E-state index in [1.165, 1.54) is 4.73 Å². The maximum absolute atomic E-state index is 10.7. The first-order valence-electron chi connectivity index (χ1n) is 7.76. The van der Waals surface area contributed by atoms with Crippen molar-refractivity contribution in [2.75, 3.05) is 0 Å². The van der Waals surface area contributed by atoms with Crippen molar-refractivity contribution in [2.45, 2.75) is 33.6 Å². The Hall–Kier alpha value is -2.56. The molecule has 2 heterocycles. The Kier molecular flexibility index (Phi) is 2.73. The maximum atomic E-state index is 10.7. The van der Waals surface area contributed by atoms with Crippen LogP contribution in [0.15, 0.2) is 29.4 Å². The molecule has 3 aliphatic rings. The van der Waals surface area contributed by atoms with Gasteiger partial charge in [0.25, 0.3) is 0 Å². The Labute approximate surface area is 134 Å². The predicted molar refractivity (Wildman–Crippen MR) is 88.7 cm³/mol. The van der Waals surface area contributed by atoms with Gasteiger partial charge in [-0.1, -0.05) is 37.2 Å². The van der Waals surface area contributed by atoms with Crippen LogP contribution >= 0.6 is 0 Å². The van der Waals surface area contributed by atoms with Crippen molar-refractivity contribution in [2.24, 2.45) is 10.6 Å². The Morgan fingerprint density at radius 1 is 1.17 bits per heavy atom. The number of fused-ring (bicyclic) bond motifs is 5. The standard InChI is InChI=1S/C18H19N3O2/c1-10-17-15(11-6-4-5-7-12(11)19-17)16-13(20-22)8-18(2,3)9-14(16)21(10)23/h4-7,22-23H,8-9H2,1-3H3/b20-13+. The third-order valence-corrected chi connectivity index (χ3v) is 4.80. The van der Waals surface area contributed by atoms with E-state index in [4.69, 9.17) is 0 Å². The maximum Gasteiger partial charge on any atom is 0.0950 e. The quantitative estimate of drug-likeness (QED) is 0.376. The number of pyridine rings is 1. The van der Waals surface area contributed by atoms with Crippen LogP contribution in [0, 0.1) is 12.3 Å². The van der Waals surface area contributed by atoms with Crippen LogP contribution in [-0.2, 0) is 6.42 Å². The summed E-state index contributed by atoms with van der Waals surface area (Å²) in [5.74, 6) is 0. The second kappa shape index (κ2) is 4.47. The summed E-state index contributed by atoms with van der Waals surface area (Å²) < 4.78 is 1.22. The molecule has 0 fully saturated rings. The topological polar surface area (TPSA) is 70.6 Å². The van der Waals surface area contributed by atoms with Crippen LogP contribution in [-0.4, -0.2) is 25.8 Å². The molecule has 5 heteroatoms. The zero-order valence-electron chi connectivity index (χ0n) is 13.5. The first-order valence-corrected chi connectivity index (χ1v) is 7.76. The molecular weight excluding hydrogens is 290 g/mol. The first kappa shape index (κ1) is 14.1. The first-order chi connectivity index (χ1) is 10.9. The van der Waals surface area contributed by atoms with Gasteiger partial charge in [0.2, 0.25) is 0 Å². The molecular formula is C18H19N3O2. The minimum Gasteiger partial charge on any atom is -0.428 e. The van der Waals surface area contributed by atoms with Gasteiger partial charge in [-0.05, 0) is 31.2 Å². The Bertz CT molecular complexity index is 937. The second-order valence-corrected chi connectivity index (χ2v) is 7.14. The molecule has 118 valence electrons. The number of hydrogen-bond donors (Lipinski definition) is 2. The van der Waals surface area contributed by atoms with Crippen LogP contribution in [0.25, 0.3) is 22.2 Å². The summed E-state index contributed by atoms with van der Waals surface area (Å²) in [5, 5.41) is 24.8. The van der Waals surface area contributed by atoms with E-state index in [-0.39, 0.29) is 5.41 Å². The number of hydrogen-bond acceptors (Lipinski definition) is 4. The van der Waals surface area contributed by atoms with E-state index >= 15 is 0 Å². The van der Waals surface area contributed by atoms with E-state index in [9.17, 15) is 10.4 Å². The summed E-state index contributed by atoms with van der Waals surface area (Å²) in [7, 11) is 0. The SMILES string of the molecule is Cc1c2nc3ccccc3c-2c2c(n1O)CC(C)(C)C/C2=N\O. The minimum absolute atomic E-state index is 0.0744. The van der Waals surface area contributed by atoms with E-state index in [0.29, 0.717) is 24.2 Å². The van der Waals surface area contributed by atoms with Gasteiger partial charge < -0.3 is 10.4 Å². The highest BCUT2D eigenvalue weighted by Crippen LogP contribution is 2.44. The number of rotatable bonds is 0. The Balaban J connectivity index is 2.21. The average Bonchev–Trinajstić information content (AvgIpc) is 2.90. The van der Waals surface area contributed by atoms with Crippen LogP contribution in [0.4, 0.5) is 0 Å². The summed E-state index contributed by atoms with van der Waals surface area (Å²) in [6.45, 7) is 6.09. The van der Waals surface area contributed by atoms with Gasteiger partial charge in [0.05, 0.1) is 28.3 Å². The van der Waals surface area contributed by atoms with Gasteiger partial charge in [-0.2, -0.15) is 4.73 Å². The van der Waals surface area contributed by atoms with E-state index in [1.54, 1.807) is 0 Å². The number of aromatic nitrogens is 2. The Morgan fingerprint density at radius 2 is 1.91 bits per heavy atom. The summed E-state index contributed by atoms with van der Waals surface area (Å²) in [6.07, 6.45) is 1.38. The molecule has 0 amide bonds. The molecule has 0 aromatic heterocycles. The van der Waals surface area contributed by atoms with E-state index in [1.807, 2.05) is 31.2 Å². The molecule has 0 spiro atoms. The third-order valence-electron chi connectivity index (χ3n) is 4.80. The van der Waals surface area contributed by atoms with Crippen LogP contribution in [0.5, 0.6) is 0 Å². The summed E-state index contributed by atoms with van der Waals surface area (Å²) >= 11 is 0. The number of oxime groups is 1. The molecule has 0 atom stereocenters. The van der Waals surface area contributed by atoms with Crippen molar-refractivity contribution in [1.82, 2.24) is 9.71 Å². The fourth-order valence-corrected chi connectivity index (χ4v) is 3.77. The summed E-state index contributed by atoms with van der Waals surface area (Å²) in [6, 6.07) is 7.92. The van der Waals surface area contributed by atoms with Gasteiger partial charge in [0.1, 0.15) is 0 Å². The molecule has 1 aliphatic carbocycles. The summed E-state index contributed by atoms with van der Waals surface area (Å²) in [5.41, 5.74) is 5.48. The van der Waals surface area contributed by atoms with Gasteiger partial charge in [-0.15, -0.1) is 0 Å². The molecule has 23 heavy (non-hydrogen) atoms. The van der Waals surface area contributed by atoms with E-state index < -0.39 is 0 Å². The Morgan fingerprint density at radius 3 is 2.65 bits per heavy atom. The molecule has 5 nitrogen and oxygen atoms in total. The lowest BCUT2D eigenvalue weighted by Crippen LogP contribution is -2.32. The summed E-state index contributed by atoms with van der Waals surface area (Å²) in [4.78, 5) is 4.67. The minimum atomic E-state index is -0.0744. The average molecular weight is 309 g/mol. The molecule has 2 aliphatic heterocycles. The van der Waals surface area contributed by atoms with E-state index in [2.05, 4.69) is 24.0 Å². The molecule has 1 aromatic carbocycles. The lowest BCUT2D eigenvalue weighted by atomic mass is 9.73. The van der Waals surface area contributed by atoms with Crippen molar-refractivity contribution >= 4 is 16.6 Å². The molecule has 2 N–H and O–H groups in total. The van der Waals surface area contributed by atoms with Gasteiger partial charge in [0, 0.05) is 16.5 Å². The van der Waals surface area contributed by atoms with Crippen LogP contribution in [0.2, 0.25) is 0 Å². The highest BCUT2D eigenvalue weighted by Gasteiger charge is 2.37. The van der Waals surface area contributed by atoms with Crippen molar-refractivity contribution in [3.05, 3.63) is 41.2 Å². The van der Waals surface area contributed by atoms with Crippen molar-refractivity contribution in [3.63, 3.8) is 0 Å². The van der Waals surface area contributed by atoms with Crippen molar-refractivity contribution in [3.8, 4) is 11.3 Å². The zero-order valence-corrected chi connectivity index (χ0v) is 13.5. The largest absolute Gasteiger partial charge is 0.428 e. The van der Waals surface area contributed by atoms with Crippen molar-refractivity contribution < 1.29 is 10.4 Å². The molecule has 0 saturated carbocycles. The lowest BCUT2D eigenvalue weighted by Gasteiger charge is -2.34. The fraction of sp³-hybridized carbons (Fsp3) is 0.333. The van der Waals surface area contributed by atoms with Gasteiger partial charge in [0.15, 0.2) is 0 Å². The highest BCUT2D eigenvalue weighted by molar-refractivity contribution is 6.14. The van der Waals surface area contributed by atoms with Crippen molar-refractivity contribution in [1.29, 1.82) is 0 Å². The molecule has 0 bridgehead atoms. The number of nitrogens with zero attached hydrogens (tertiary/aromatic N) is 3. The second-order valence-electron chi connectivity index (χ2n) is 7.14. The van der Waals surface area contributed by atoms with Crippen LogP contribution < -0.4 is 0 Å². The smallest absolute Gasteiger partial charge is 0.0950 e. The normalized spacial score (nSPS) is 18.7. The van der Waals surface area contributed by atoms with Crippen LogP contribution in [0.3, 0.4) is 0 Å². The third kappa shape index (κ3) is 1.86. The van der Waals surface area contributed by atoms with Gasteiger partial charge in [-0.25, -0.2) is 4.98 Å². The van der Waals surface area contributed by atoms with E-state index in [0.717, 1.165) is 33.4 Å². The molecule has 0 radical (unpaired) electrons. The predicted octanol–water partition coefficient (Wildman–Crippen LogP) is 3.84. The molecule has 4 rings (SSSR count).